The van der Waals surface area contributed by atoms with Crippen molar-refractivity contribution in [3.63, 3.8) is 0 Å². The third-order valence-corrected chi connectivity index (χ3v) is 3.76. The number of ketones is 1. The molecule has 0 aliphatic heterocycles. The number of Topliss-reactive ketones (excluding diaryl/α,β-unsaturated/α-hetero) is 1. The van der Waals surface area contributed by atoms with Gasteiger partial charge in [0.15, 0.2) is 5.78 Å². The number of allylic oxidation sites excluding steroid dienone is 2. The van der Waals surface area contributed by atoms with Crippen LogP contribution >= 0.6 is 0 Å². The van der Waals surface area contributed by atoms with Crippen molar-refractivity contribution in [3.05, 3.63) is 77.4 Å². The average molecular weight is 321 g/mol. The summed E-state index contributed by atoms with van der Waals surface area (Å²) in [7, 11) is 0. The Kier molecular flexibility index (Phi) is 6.50. The lowest BCUT2D eigenvalue weighted by atomic mass is 10.0. The summed E-state index contributed by atoms with van der Waals surface area (Å²) < 4.78 is 0. The first-order valence-electron chi connectivity index (χ1n) is 8.21. The fourth-order valence-corrected chi connectivity index (χ4v) is 2.44. The molecule has 24 heavy (non-hydrogen) atoms. The van der Waals surface area contributed by atoms with Crippen LogP contribution in [-0.4, -0.2) is 11.7 Å². The molecule has 2 aromatic rings. The lowest BCUT2D eigenvalue weighted by Crippen LogP contribution is -2.14. The van der Waals surface area contributed by atoms with Crippen molar-refractivity contribution in [1.82, 2.24) is 0 Å². The van der Waals surface area contributed by atoms with Crippen LogP contribution in [0.1, 0.15) is 31.4 Å². The lowest BCUT2D eigenvalue weighted by Gasteiger charge is -2.07. The van der Waals surface area contributed by atoms with Gasteiger partial charge in [-0.15, -0.1) is 0 Å². The summed E-state index contributed by atoms with van der Waals surface area (Å²) in [6, 6.07) is 17.1. The molecule has 0 saturated carbocycles. The van der Waals surface area contributed by atoms with Gasteiger partial charge >= 0.3 is 0 Å². The monoisotopic (exact) mass is 321 g/mol. The molecule has 2 rings (SSSR count). The maximum Gasteiger partial charge on any atom is 0.228 e. The first-order valence-corrected chi connectivity index (χ1v) is 8.21. The molecule has 0 aliphatic carbocycles. The Labute approximate surface area is 143 Å². The Morgan fingerprint density at radius 3 is 2.17 bits per heavy atom. The molecule has 0 atom stereocenters. The fraction of sp³-hybridized carbons (Fsp3) is 0.238. The van der Waals surface area contributed by atoms with Crippen molar-refractivity contribution < 1.29 is 9.59 Å². The van der Waals surface area contributed by atoms with E-state index in [0.29, 0.717) is 12.8 Å². The van der Waals surface area contributed by atoms with Crippen molar-refractivity contribution in [2.75, 3.05) is 5.32 Å². The number of carbonyl (C=O) groups is 2. The van der Waals surface area contributed by atoms with Gasteiger partial charge in [0.2, 0.25) is 5.91 Å². The van der Waals surface area contributed by atoms with Gasteiger partial charge in [-0.2, -0.15) is 0 Å². The van der Waals surface area contributed by atoms with Crippen LogP contribution in [0.2, 0.25) is 0 Å². The minimum Gasteiger partial charge on any atom is -0.326 e. The molecule has 3 heteroatoms. The van der Waals surface area contributed by atoms with Crippen LogP contribution in [0.15, 0.2) is 66.2 Å². The van der Waals surface area contributed by atoms with Crippen LogP contribution in [0.5, 0.6) is 0 Å². The molecule has 0 unspecified atom stereocenters. The van der Waals surface area contributed by atoms with E-state index in [0.717, 1.165) is 28.8 Å². The van der Waals surface area contributed by atoms with Crippen molar-refractivity contribution in [2.45, 2.75) is 33.1 Å². The normalized spacial score (nSPS) is 11.2. The van der Waals surface area contributed by atoms with E-state index in [1.165, 1.54) is 0 Å². The number of benzene rings is 2. The molecule has 0 fully saturated rings. The average Bonchev–Trinajstić information content (AvgIpc) is 2.57. The predicted molar refractivity (Wildman–Crippen MR) is 98.0 cm³/mol. The van der Waals surface area contributed by atoms with Gasteiger partial charge in [0.25, 0.3) is 0 Å². The maximum absolute atomic E-state index is 12.0. The van der Waals surface area contributed by atoms with E-state index in [9.17, 15) is 9.59 Å². The lowest BCUT2D eigenvalue weighted by molar-refractivity contribution is -0.116. The summed E-state index contributed by atoms with van der Waals surface area (Å²) in [5.74, 6) is 0.0875. The first kappa shape index (κ1) is 17.7. The minimum atomic E-state index is -0.0493. The molecule has 0 saturated heterocycles. The quantitative estimate of drug-likeness (QED) is 0.771. The molecule has 124 valence electrons. The molecule has 0 bridgehead atoms. The molecule has 1 amide bonds. The van der Waals surface area contributed by atoms with E-state index in [2.05, 4.69) is 5.32 Å². The second kappa shape index (κ2) is 8.82. The maximum atomic E-state index is 12.0. The summed E-state index contributed by atoms with van der Waals surface area (Å²) in [5, 5.41) is 2.88. The summed E-state index contributed by atoms with van der Waals surface area (Å²) >= 11 is 0. The zero-order valence-electron chi connectivity index (χ0n) is 14.2. The highest BCUT2D eigenvalue weighted by Gasteiger charge is 2.07. The van der Waals surface area contributed by atoms with E-state index in [-0.39, 0.29) is 11.7 Å². The first-order chi connectivity index (χ1) is 11.6. The van der Waals surface area contributed by atoms with Crippen LogP contribution in [-0.2, 0) is 22.4 Å². The molecule has 3 nitrogen and oxygen atoms in total. The van der Waals surface area contributed by atoms with Crippen LogP contribution in [0, 0.1) is 0 Å². The van der Waals surface area contributed by atoms with E-state index >= 15 is 0 Å². The second-order valence-corrected chi connectivity index (χ2v) is 5.80. The van der Waals surface area contributed by atoms with Crippen LogP contribution in [0.25, 0.3) is 0 Å². The van der Waals surface area contributed by atoms with Crippen molar-refractivity contribution in [2.24, 2.45) is 0 Å². The van der Waals surface area contributed by atoms with Crippen molar-refractivity contribution >= 4 is 17.4 Å². The van der Waals surface area contributed by atoms with E-state index in [1.54, 1.807) is 0 Å². The topological polar surface area (TPSA) is 46.2 Å². The largest absolute Gasteiger partial charge is 0.326 e. The Morgan fingerprint density at radius 1 is 0.917 bits per heavy atom. The fourth-order valence-electron chi connectivity index (χ4n) is 2.44. The highest BCUT2D eigenvalue weighted by molar-refractivity contribution is 5.96. The van der Waals surface area contributed by atoms with Gasteiger partial charge in [0.05, 0.1) is 6.42 Å². The molecule has 0 aromatic heterocycles. The van der Waals surface area contributed by atoms with E-state index < -0.39 is 0 Å². The van der Waals surface area contributed by atoms with Crippen molar-refractivity contribution in [1.29, 1.82) is 0 Å². The third-order valence-electron chi connectivity index (χ3n) is 3.76. The van der Waals surface area contributed by atoms with E-state index in [4.69, 9.17) is 0 Å². The van der Waals surface area contributed by atoms with Gasteiger partial charge in [0.1, 0.15) is 0 Å². The van der Waals surface area contributed by atoms with Gasteiger partial charge in [-0.05, 0) is 42.2 Å². The summed E-state index contributed by atoms with van der Waals surface area (Å²) in [4.78, 5) is 24.1. The molecule has 0 heterocycles. The van der Waals surface area contributed by atoms with Gasteiger partial charge in [-0.25, -0.2) is 0 Å². The molecular formula is C21H23NO2. The zero-order chi connectivity index (χ0) is 17.4. The highest BCUT2D eigenvalue weighted by Crippen LogP contribution is 2.13. The molecular weight excluding hydrogens is 298 g/mol. The summed E-state index contributed by atoms with van der Waals surface area (Å²) in [5.41, 5.74) is 3.48. The van der Waals surface area contributed by atoms with Crippen LogP contribution in [0.3, 0.4) is 0 Å². The van der Waals surface area contributed by atoms with Gasteiger partial charge in [-0.3, -0.25) is 9.59 Å². The zero-order valence-corrected chi connectivity index (χ0v) is 14.2. The number of nitrogens with one attached hydrogen (secondary N) is 1. The Bertz CT molecular complexity index is 715. The number of rotatable bonds is 7. The van der Waals surface area contributed by atoms with Crippen LogP contribution in [0.4, 0.5) is 5.69 Å². The third kappa shape index (κ3) is 5.51. The number of anilines is 1. The van der Waals surface area contributed by atoms with Crippen LogP contribution < -0.4 is 5.32 Å². The predicted octanol–water partition coefficient (Wildman–Crippen LogP) is 4.34. The Balaban J connectivity index is 1.91. The number of amides is 1. The summed E-state index contributed by atoms with van der Waals surface area (Å²) in [6.07, 6.45) is 3.55. The van der Waals surface area contributed by atoms with E-state index in [1.807, 2.05) is 74.5 Å². The number of hydrogen-bond acceptors (Lipinski definition) is 2. The SMILES string of the molecule is CC/C=C(\C)C(=O)Cc1ccc(NC(=O)Cc2ccccc2)cc1. The second-order valence-electron chi connectivity index (χ2n) is 5.80. The number of hydrogen-bond donors (Lipinski definition) is 1. The summed E-state index contributed by atoms with van der Waals surface area (Å²) in [6.45, 7) is 3.87. The minimum absolute atomic E-state index is 0.0493. The molecule has 0 spiro atoms. The molecule has 1 N–H and O–H groups in total. The standard InChI is InChI=1S/C21H23NO2/c1-3-7-16(2)20(23)14-18-10-12-19(13-11-18)22-21(24)15-17-8-5-4-6-9-17/h4-13H,3,14-15H2,1-2H3,(H,22,24)/b16-7+. The molecule has 0 aliphatic rings. The van der Waals surface area contributed by atoms with Crippen molar-refractivity contribution in [3.8, 4) is 0 Å². The molecule has 2 aromatic carbocycles. The van der Waals surface area contributed by atoms with Gasteiger partial charge in [-0.1, -0.05) is 55.5 Å². The number of carbonyl (C=O) groups excluding carboxylic acids is 2. The highest BCUT2D eigenvalue weighted by atomic mass is 16.1. The molecule has 0 radical (unpaired) electrons. The Morgan fingerprint density at radius 2 is 1.54 bits per heavy atom. The van der Waals surface area contributed by atoms with Gasteiger partial charge < -0.3 is 5.32 Å². The van der Waals surface area contributed by atoms with Gasteiger partial charge in [0, 0.05) is 12.1 Å². The smallest absolute Gasteiger partial charge is 0.228 e. The Hall–Kier alpha value is -2.68.